The molecule has 0 saturated heterocycles. The monoisotopic (exact) mass is 261 g/mol. The number of rotatable bonds is 3. The molecular formula is C16H23NO2. The van der Waals surface area contributed by atoms with Gasteiger partial charge in [-0.1, -0.05) is 13.8 Å². The third-order valence-corrected chi connectivity index (χ3v) is 3.71. The topological polar surface area (TPSA) is 38.3 Å². The van der Waals surface area contributed by atoms with Crippen molar-refractivity contribution in [3.05, 3.63) is 24.3 Å². The molecule has 1 aliphatic carbocycles. The SMILES string of the molecule is CC1CC1(C)C(=O)Nc1ccc(OC(C)(C)C)cc1. The van der Waals surface area contributed by atoms with Gasteiger partial charge in [0.1, 0.15) is 11.4 Å². The quantitative estimate of drug-likeness (QED) is 0.897. The van der Waals surface area contributed by atoms with Crippen LogP contribution in [0.3, 0.4) is 0 Å². The summed E-state index contributed by atoms with van der Waals surface area (Å²) in [6.07, 6.45) is 0.976. The first-order valence-electron chi connectivity index (χ1n) is 6.81. The van der Waals surface area contributed by atoms with E-state index in [1.807, 2.05) is 52.0 Å². The maximum atomic E-state index is 12.1. The molecule has 19 heavy (non-hydrogen) atoms. The summed E-state index contributed by atoms with van der Waals surface area (Å²) in [6.45, 7) is 10.2. The number of hydrogen-bond donors (Lipinski definition) is 1. The molecule has 2 atom stereocenters. The lowest BCUT2D eigenvalue weighted by molar-refractivity contribution is -0.121. The molecule has 1 aromatic rings. The van der Waals surface area contributed by atoms with Crippen LogP contribution in [0, 0.1) is 11.3 Å². The molecule has 0 radical (unpaired) electrons. The summed E-state index contributed by atoms with van der Waals surface area (Å²) in [5, 5.41) is 2.97. The lowest BCUT2D eigenvalue weighted by Crippen LogP contribution is -2.23. The minimum absolute atomic E-state index is 0.115. The zero-order valence-corrected chi connectivity index (χ0v) is 12.4. The minimum Gasteiger partial charge on any atom is -0.488 e. The average molecular weight is 261 g/mol. The highest BCUT2D eigenvalue weighted by atomic mass is 16.5. The second kappa shape index (κ2) is 4.55. The maximum absolute atomic E-state index is 12.1. The maximum Gasteiger partial charge on any atom is 0.230 e. The van der Waals surface area contributed by atoms with Crippen LogP contribution in [0.2, 0.25) is 0 Å². The molecule has 0 aliphatic heterocycles. The van der Waals surface area contributed by atoms with E-state index in [-0.39, 0.29) is 16.9 Å². The highest BCUT2D eigenvalue weighted by Gasteiger charge is 2.52. The van der Waals surface area contributed by atoms with E-state index in [9.17, 15) is 4.79 Å². The van der Waals surface area contributed by atoms with Gasteiger partial charge in [0, 0.05) is 11.1 Å². The first-order chi connectivity index (χ1) is 8.71. The first kappa shape index (κ1) is 13.9. The molecule has 0 bridgehead atoms. The van der Waals surface area contributed by atoms with Crippen LogP contribution in [0.5, 0.6) is 5.75 Å². The Hall–Kier alpha value is -1.51. The minimum atomic E-state index is -0.207. The number of benzene rings is 1. The van der Waals surface area contributed by atoms with Gasteiger partial charge < -0.3 is 10.1 Å². The van der Waals surface area contributed by atoms with Crippen molar-refractivity contribution >= 4 is 11.6 Å². The zero-order chi connectivity index (χ0) is 14.3. The van der Waals surface area contributed by atoms with Crippen LogP contribution in [0.15, 0.2) is 24.3 Å². The van der Waals surface area contributed by atoms with E-state index < -0.39 is 0 Å². The van der Waals surface area contributed by atoms with E-state index in [0.29, 0.717) is 5.92 Å². The standard InChI is InChI=1S/C16H23NO2/c1-11-10-16(11,5)14(18)17-12-6-8-13(9-7-12)19-15(2,3)4/h6-9,11H,10H2,1-5H3,(H,17,18). The van der Waals surface area contributed by atoms with E-state index in [0.717, 1.165) is 17.9 Å². The number of nitrogens with one attached hydrogen (secondary N) is 1. The summed E-state index contributed by atoms with van der Waals surface area (Å²) in [6, 6.07) is 7.55. The largest absolute Gasteiger partial charge is 0.488 e. The van der Waals surface area contributed by atoms with Crippen LogP contribution < -0.4 is 10.1 Å². The van der Waals surface area contributed by atoms with Gasteiger partial charge in [0.2, 0.25) is 5.91 Å². The predicted molar refractivity (Wildman–Crippen MR) is 77.3 cm³/mol. The highest BCUT2D eigenvalue weighted by Crippen LogP contribution is 2.52. The Bertz CT molecular complexity index is 473. The number of hydrogen-bond acceptors (Lipinski definition) is 2. The Morgan fingerprint density at radius 2 is 1.84 bits per heavy atom. The number of ether oxygens (including phenoxy) is 1. The van der Waals surface area contributed by atoms with Gasteiger partial charge in [0.05, 0.1) is 0 Å². The second-order valence-corrected chi connectivity index (χ2v) is 6.72. The molecule has 0 aromatic heterocycles. The molecule has 3 heteroatoms. The van der Waals surface area contributed by atoms with Gasteiger partial charge in [-0.3, -0.25) is 4.79 Å². The van der Waals surface area contributed by atoms with E-state index in [1.165, 1.54) is 0 Å². The lowest BCUT2D eigenvalue weighted by Gasteiger charge is -2.21. The number of amides is 1. The van der Waals surface area contributed by atoms with Crippen molar-refractivity contribution < 1.29 is 9.53 Å². The Labute approximate surface area is 115 Å². The van der Waals surface area contributed by atoms with E-state index in [1.54, 1.807) is 0 Å². The molecule has 1 aromatic carbocycles. The van der Waals surface area contributed by atoms with Crippen molar-refractivity contribution in [1.29, 1.82) is 0 Å². The number of carbonyl (C=O) groups excluding carboxylic acids is 1. The van der Waals surface area contributed by atoms with E-state index in [4.69, 9.17) is 4.74 Å². The Balaban J connectivity index is 1.98. The Morgan fingerprint density at radius 1 is 1.32 bits per heavy atom. The van der Waals surface area contributed by atoms with Crippen molar-refractivity contribution in [2.45, 2.75) is 46.6 Å². The van der Waals surface area contributed by atoms with Crippen molar-refractivity contribution in [3.8, 4) is 5.75 Å². The molecule has 1 saturated carbocycles. The smallest absolute Gasteiger partial charge is 0.230 e. The van der Waals surface area contributed by atoms with Gasteiger partial charge in [0.15, 0.2) is 0 Å². The Kier molecular flexibility index (Phi) is 3.33. The summed E-state index contributed by atoms with van der Waals surface area (Å²) < 4.78 is 5.75. The summed E-state index contributed by atoms with van der Waals surface area (Å²) in [5.41, 5.74) is 0.439. The third kappa shape index (κ3) is 3.28. The number of carbonyl (C=O) groups is 1. The van der Waals surface area contributed by atoms with Crippen LogP contribution in [-0.2, 0) is 4.79 Å². The molecular weight excluding hydrogens is 238 g/mol. The first-order valence-corrected chi connectivity index (χ1v) is 6.81. The van der Waals surface area contributed by atoms with Gasteiger partial charge in [-0.2, -0.15) is 0 Å². The van der Waals surface area contributed by atoms with Gasteiger partial charge in [0.25, 0.3) is 0 Å². The molecule has 3 nitrogen and oxygen atoms in total. The molecule has 2 unspecified atom stereocenters. The summed E-state index contributed by atoms with van der Waals surface area (Å²) in [4.78, 5) is 12.1. The molecule has 1 aliphatic rings. The van der Waals surface area contributed by atoms with E-state index in [2.05, 4.69) is 12.2 Å². The fourth-order valence-electron chi connectivity index (χ4n) is 2.13. The molecule has 1 amide bonds. The summed E-state index contributed by atoms with van der Waals surface area (Å²) >= 11 is 0. The fraction of sp³-hybridized carbons (Fsp3) is 0.562. The highest BCUT2D eigenvalue weighted by molar-refractivity contribution is 5.97. The molecule has 2 rings (SSSR count). The van der Waals surface area contributed by atoms with Crippen LogP contribution in [0.4, 0.5) is 5.69 Å². The van der Waals surface area contributed by atoms with Crippen LogP contribution in [0.25, 0.3) is 0 Å². The van der Waals surface area contributed by atoms with Crippen LogP contribution in [0.1, 0.15) is 41.0 Å². The third-order valence-electron chi connectivity index (χ3n) is 3.71. The fourth-order valence-corrected chi connectivity index (χ4v) is 2.13. The molecule has 104 valence electrons. The zero-order valence-electron chi connectivity index (χ0n) is 12.4. The summed E-state index contributed by atoms with van der Waals surface area (Å²) in [5.74, 6) is 1.41. The second-order valence-electron chi connectivity index (χ2n) is 6.72. The van der Waals surface area contributed by atoms with Crippen LogP contribution >= 0.6 is 0 Å². The van der Waals surface area contributed by atoms with Gasteiger partial charge in [-0.05, 0) is 57.4 Å². The normalized spacial score (nSPS) is 25.8. The van der Waals surface area contributed by atoms with E-state index >= 15 is 0 Å². The molecule has 1 N–H and O–H groups in total. The lowest BCUT2D eigenvalue weighted by atomic mass is 10.1. The number of anilines is 1. The van der Waals surface area contributed by atoms with Crippen molar-refractivity contribution in [2.75, 3.05) is 5.32 Å². The molecule has 0 heterocycles. The predicted octanol–water partition coefficient (Wildman–Crippen LogP) is 3.85. The average Bonchev–Trinajstić information content (AvgIpc) is 2.89. The Morgan fingerprint density at radius 3 is 2.26 bits per heavy atom. The summed E-state index contributed by atoms with van der Waals surface area (Å²) in [7, 11) is 0. The van der Waals surface area contributed by atoms with Gasteiger partial charge in [-0.15, -0.1) is 0 Å². The molecule has 1 fully saturated rings. The van der Waals surface area contributed by atoms with Crippen molar-refractivity contribution in [3.63, 3.8) is 0 Å². The van der Waals surface area contributed by atoms with Gasteiger partial charge >= 0.3 is 0 Å². The van der Waals surface area contributed by atoms with Crippen molar-refractivity contribution in [1.82, 2.24) is 0 Å². The van der Waals surface area contributed by atoms with Crippen LogP contribution in [-0.4, -0.2) is 11.5 Å². The van der Waals surface area contributed by atoms with Crippen molar-refractivity contribution in [2.24, 2.45) is 11.3 Å². The molecule has 0 spiro atoms. The van der Waals surface area contributed by atoms with Gasteiger partial charge in [-0.25, -0.2) is 0 Å².